The average molecular weight is 684 g/mol. The quantitative estimate of drug-likeness (QED) is 0.123. The van der Waals surface area contributed by atoms with Crippen LogP contribution in [-0.2, 0) is 32.6 Å². The third-order valence-electron chi connectivity index (χ3n) is 7.13. The second-order valence-corrected chi connectivity index (χ2v) is 13.1. The van der Waals surface area contributed by atoms with Crippen molar-refractivity contribution in [3.8, 4) is 0 Å². The van der Waals surface area contributed by atoms with Crippen molar-refractivity contribution in [3.63, 3.8) is 0 Å². The fourth-order valence-corrected chi connectivity index (χ4v) is 6.65. The summed E-state index contributed by atoms with van der Waals surface area (Å²) in [6.45, 7) is 1.42. The van der Waals surface area contributed by atoms with Gasteiger partial charge < -0.3 is 10.2 Å². The fourth-order valence-electron chi connectivity index (χ4n) is 4.74. The van der Waals surface area contributed by atoms with Gasteiger partial charge in [-0.1, -0.05) is 84.7 Å². The van der Waals surface area contributed by atoms with Crippen LogP contribution in [0.2, 0.25) is 10.0 Å². The molecule has 4 aromatic carbocycles. The zero-order valence-electron chi connectivity index (χ0n) is 24.9. The summed E-state index contributed by atoms with van der Waals surface area (Å²) in [6.07, 6.45) is 0.792. The molecule has 0 aromatic heterocycles. The van der Waals surface area contributed by atoms with Crippen LogP contribution in [0, 0.1) is 10.1 Å². The maximum atomic E-state index is 14.4. The van der Waals surface area contributed by atoms with Crippen LogP contribution in [0.25, 0.3) is 0 Å². The third-order valence-corrected chi connectivity index (χ3v) is 9.51. The van der Waals surface area contributed by atoms with Gasteiger partial charge in [-0.25, -0.2) is 8.42 Å². The number of benzene rings is 4. The van der Waals surface area contributed by atoms with E-state index in [2.05, 4.69) is 5.32 Å². The smallest absolute Gasteiger partial charge is 0.269 e. The summed E-state index contributed by atoms with van der Waals surface area (Å²) in [5.41, 5.74) is 1.06. The minimum Gasteiger partial charge on any atom is -0.354 e. The van der Waals surface area contributed by atoms with Gasteiger partial charge in [0.05, 0.1) is 15.5 Å². The minimum atomic E-state index is -4.35. The summed E-state index contributed by atoms with van der Waals surface area (Å²) in [6, 6.07) is 25.2. The highest BCUT2D eigenvalue weighted by Gasteiger charge is 2.35. The number of sulfonamides is 1. The number of amides is 2. The standard InChI is InChI=1S/C33H32Cl2N4O6S/c1-2-19-36-33(41)31(20-24-9-5-3-6-10-24)37(22-25-13-14-26(34)21-30(25)35)32(40)23-38(27-15-17-28(18-16-27)39(42)43)46(44,45)29-11-7-4-8-12-29/h3-18,21,31H,2,19-20,22-23H2,1H3,(H,36,41)/t31-/m1/s1. The largest absolute Gasteiger partial charge is 0.354 e. The van der Waals surface area contributed by atoms with E-state index in [1.807, 2.05) is 37.3 Å². The maximum absolute atomic E-state index is 14.4. The summed E-state index contributed by atoms with van der Waals surface area (Å²) in [7, 11) is -4.35. The molecule has 0 bridgehead atoms. The highest BCUT2D eigenvalue weighted by Crippen LogP contribution is 2.28. The first-order chi connectivity index (χ1) is 22.0. The average Bonchev–Trinajstić information content (AvgIpc) is 3.05. The van der Waals surface area contributed by atoms with Gasteiger partial charge in [0.2, 0.25) is 11.8 Å². The number of carbonyl (C=O) groups excluding carboxylic acids is 2. The Morgan fingerprint density at radius 3 is 2.13 bits per heavy atom. The van der Waals surface area contributed by atoms with E-state index in [0.29, 0.717) is 23.6 Å². The molecule has 0 radical (unpaired) electrons. The van der Waals surface area contributed by atoms with Crippen LogP contribution in [0.4, 0.5) is 11.4 Å². The molecule has 4 rings (SSSR count). The Kier molecular flexibility index (Phi) is 11.8. The van der Waals surface area contributed by atoms with E-state index >= 15 is 0 Å². The minimum absolute atomic E-state index is 0.0299. The fraction of sp³-hybridized carbons (Fsp3) is 0.212. The highest BCUT2D eigenvalue weighted by atomic mass is 35.5. The number of rotatable bonds is 14. The molecule has 0 aliphatic heterocycles. The molecule has 46 heavy (non-hydrogen) atoms. The number of nitro groups is 1. The number of hydrogen-bond donors (Lipinski definition) is 1. The highest BCUT2D eigenvalue weighted by molar-refractivity contribution is 7.92. The second-order valence-electron chi connectivity index (χ2n) is 10.4. The van der Waals surface area contributed by atoms with Crippen LogP contribution in [0.15, 0.2) is 108 Å². The van der Waals surface area contributed by atoms with Gasteiger partial charge in [-0.05, 0) is 53.9 Å². The Hall–Kier alpha value is -4.45. The second kappa shape index (κ2) is 15.7. The number of hydrogen-bond acceptors (Lipinski definition) is 6. The van der Waals surface area contributed by atoms with Crippen molar-refractivity contribution in [2.75, 3.05) is 17.4 Å². The number of carbonyl (C=O) groups is 2. The molecule has 0 saturated heterocycles. The molecule has 10 nitrogen and oxygen atoms in total. The number of halogens is 2. The van der Waals surface area contributed by atoms with E-state index in [1.54, 1.807) is 30.3 Å². The first-order valence-corrected chi connectivity index (χ1v) is 16.6. The molecular formula is C33H32Cl2N4O6S. The molecule has 0 aliphatic rings. The number of non-ortho nitro benzene ring substituents is 1. The molecule has 4 aromatic rings. The lowest BCUT2D eigenvalue weighted by molar-refractivity contribution is -0.384. The van der Waals surface area contributed by atoms with Crippen molar-refractivity contribution in [2.45, 2.75) is 37.2 Å². The van der Waals surface area contributed by atoms with Gasteiger partial charge in [-0.3, -0.25) is 24.0 Å². The molecule has 0 saturated carbocycles. The summed E-state index contributed by atoms with van der Waals surface area (Å²) in [5.74, 6) is -1.12. The molecular weight excluding hydrogens is 651 g/mol. The lowest BCUT2D eigenvalue weighted by Gasteiger charge is -2.34. The predicted molar refractivity (Wildman–Crippen MR) is 178 cm³/mol. The lowest BCUT2D eigenvalue weighted by Crippen LogP contribution is -2.53. The first kappa shape index (κ1) is 34.4. The van der Waals surface area contributed by atoms with Crippen molar-refractivity contribution < 1.29 is 22.9 Å². The van der Waals surface area contributed by atoms with Gasteiger partial charge in [0.25, 0.3) is 15.7 Å². The zero-order valence-corrected chi connectivity index (χ0v) is 27.2. The summed E-state index contributed by atoms with van der Waals surface area (Å²) in [4.78, 5) is 40.1. The normalized spacial score (nSPS) is 11.8. The molecule has 0 fully saturated rings. The van der Waals surface area contributed by atoms with Gasteiger partial charge in [-0.2, -0.15) is 0 Å². The molecule has 2 amide bonds. The number of nitrogens with one attached hydrogen (secondary N) is 1. The van der Waals surface area contributed by atoms with Crippen LogP contribution in [-0.4, -0.2) is 49.2 Å². The summed E-state index contributed by atoms with van der Waals surface area (Å²) >= 11 is 12.6. The molecule has 0 spiro atoms. The molecule has 240 valence electrons. The Balaban J connectivity index is 1.82. The van der Waals surface area contributed by atoms with Gasteiger partial charge in [0.1, 0.15) is 12.6 Å². The molecule has 0 aliphatic carbocycles. The molecule has 1 atom stereocenters. The molecule has 13 heteroatoms. The first-order valence-electron chi connectivity index (χ1n) is 14.4. The van der Waals surface area contributed by atoms with Gasteiger partial charge in [0, 0.05) is 41.7 Å². The van der Waals surface area contributed by atoms with E-state index in [1.165, 1.54) is 35.2 Å². The van der Waals surface area contributed by atoms with Crippen molar-refractivity contribution in [2.24, 2.45) is 0 Å². The lowest BCUT2D eigenvalue weighted by atomic mass is 10.0. The van der Waals surface area contributed by atoms with Crippen LogP contribution < -0.4 is 9.62 Å². The number of anilines is 1. The van der Waals surface area contributed by atoms with E-state index in [4.69, 9.17) is 23.2 Å². The topological polar surface area (TPSA) is 130 Å². The Morgan fingerprint density at radius 1 is 0.913 bits per heavy atom. The Bertz CT molecular complexity index is 1780. The predicted octanol–water partition coefficient (Wildman–Crippen LogP) is 6.26. The Labute approximate surface area is 277 Å². The Morgan fingerprint density at radius 2 is 1.54 bits per heavy atom. The van der Waals surface area contributed by atoms with Crippen LogP contribution in [0.5, 0.6) is 0 Å². The van der Waals surface area contributed by atoms with Crippen molar-refractivity contribution in [1.29, 1.82) is 0 Å². The van der Waals surface area contributed by atoms with Crippen LogP contribution in [0.3, 0.4) is 0 Å². The van der Waals surface area contributed by atoms with E-state index in [0.717, 1.165) is 22.0 Å². The SMILES string of the molecule is CCCNC(=O)[C@@H](Cc1ccccc1)N(Cc1ccc(Cl)cc1Cl)C(=O)CN(c1ccc([N+](=O)[O-])cc1)S(=O)(=O)c1ccccc1. The van der Waals surface area contributed by atoms with Crippen LogP contribution in [0.1, 0.15) is 24.5 Å². The van der Waals surface area contributed by atoms with E-state index < -0.39 is 39.3 Å². The van der Waals surface area contributed by atoms with E-state index in [9.17, 15) is 28.1 Å². The monoisotopic (exact) mass is 682 g/mol. The zero-order chi connectivity index (χ0) is 33.3. The molecule has 1 N–H and O–H groups in total. The van der Waals surface area contributed by atoms with E-state index in [-0.39, 0.29) is 34.3 Å². The van der Waals surface area contributed by atoms with Gasteiger partial charge in [-0.15, -0.1) is 0 Å². The van der Waals surface area contributed by atoms with Crippen molar-refractivity contribution in [3.05, 3.63) is 134 Å². The number of nitro benzene ring substituents is 1. The van der Waals surface area contributed by atoms with Gasteiger partial charge in [0.15, 0.2) is 0 Å². The molecule has 0 unspecified atom stereocenters. The van der Waals surface area contributed by atoms with Crippen LogP contribution >= 0.6 is 23.2 Å². The summed E-state index contributed by atoms with van der Waals surface area (Å²) < 4.78 is 28.9. The van der Waals surface area contributed by atoms with Crippen molar-refractivity contribution >= 4 is 56.4 Å². The molecule has 0 heterocycles. The number of nitrogens with zero attached hydrogens (tertiary/aromatic N) is 3. The maximum Gasteiger partial charge on any atom is 0.269 e. The van der Waals surface area contributed by atoms with Gasteiger partial charge >= 0.3 is 0 Å². The van der Waals surface area contributed by atoms with Crippen molar-refractivity contribution in [1.82, 2.24) is 10.2 Å². The third kappa shape index (κ3) is 8.63. The summed E-state index contributed by atoms with van der Waals surface area (Å²) in [5, 5.41) is 14.8.